The number of likely N-dealkylation sites (N-methyl/N-ethyl adjacent to an activating group) is 1. The molecule has 2 heterocycles. The van der Waals surface area contributed by atoms with Crippen molar-refractivity contribution < 1.29 is 65.6 Å². The highest BCUT2D eigenvalue weighted by molar-refractivity contribution is 7.89. The summed E-state index contributed by atoms with van der Waals surface area (Å²) in [6.45, 7) is 1.54. The van der Waals surface area contributed by atoms with Crippen LogP contribution < -0.4 is 5.32 Å². The summed E-state index contributed by atoms with van der Waals surface area (Å²) in [6.07, 6.45) is -2.84. The van der Waals surface area contributed by atoms with Crippen molar-refractivity contribution in [1.82, 2.24) is 14.1 Å². The number of anilines is 1. The Hall–Kier alpha value is -4.33. The van der Waals surface area contributed by atoms with E-state index in [1.54, 1.807) is 0 Å². The highest BCUT2D eigenvalue weighted by Gasteiger charge is 2.39. The Balaban J connectivity index is 0.000000584. The zero-order chi connectivity index (χ0) is 35.2. The first-order chi connectivity index (χ1) is 21.9. The second-order valence-electron chi connectivity index (χ2n) is 10.9. The Kier molecular flexibility index (Phi) is 12.3. The molecule has 5 N–H and O–H groups in total. The number of aliphatic hydroxyl groups is 1. The van der Waals surface area contributed by atoms with E-state index < -0.39 is 80.3 Å². The van der Waals surface area contributed by atoms with Gasteiger partial charge in [0.05, 0.1) is 12.5 Å². The Morgan fingerprint density at radius 3 is 2.02 bits per heavy atom. The second-order valence-corrected chi connectivity index (χ2v) is 12.8. The minimum atomic E-state index is -4.37. The van der Waals surface area contributed by atoms with Gasteiger partial charge in [-0.05, 0) is 44.0 Å². The number of nitrogens with zero attached hydrogens (tertiary/aromatic N) is 3. The molecule has 2 amide bonds. The molecule has 0 radical (unpaired) electrons. The third-order valence-electron chi connectivity index (χ3n) is 7.62. The molecule has 14 nitrogen and oxygen atoms in total. The van der Waals surface area contributed by atoms with E-state index in [1.165, 1.54) is 4.90 Å². The van der Waals surface area contributed by atoms with Gasteiger partial charge in [0, 0.05) is 56.1 Å². The van der Waals surface area contributed by atoms with Gasteiger partial charge in [-0.1, -0.05) is 0 Å². The number of piperidine rings is 1. The fourth-order valence-corrected chi connectivity index (χ4v) is 6.72. The predicted molar refractivity (Wildman–Crippen MR) is 154 cm³/mol. The van der Waals surface area contributed by atoms with Crippen molar-refractivity contribution in [2.24, 2.45) is 5.92 Å². The van der Waals surface area contributed by atoms with Gasteiger partial charge in [-0.2, -0.15) is 4.31 Å². The number of piperazine rings is 1. The van der Waals surface area contributed by atoms with Gasteiger partial charge in [-0.25, -0.2) is 35.6 Å². The second kappa shape index (κ2) is 15.5. The fourth-order valence-electron chi connectivity index (χ4n) is 5.16. The molecule has 2 aliphatic rings. The number of carbonyl (C=O) groups is 4. The SMILES string of the molecule is CN1CCN(C(=O)O)C(C2CCN(S(=O)(=O)c3cc(C(=O)Nc4cc(F)c(F)c(F)c4)ccc3F)CC2)C1.O=C(O)CC(O)C(=O)O. The van der Waals surface area contributed by atoms with Crippen LogP contribution in [0.25, 0.3) is 0 Å². The maximum absolute atomic E-state index is 14.7. The largest absolute Gasteiger partial charge is 0.481 e. The first-order valence-corrected chi connectivity index (χ1v) is 15.4. The maximum Gasteiger partial charge on any atom is 0.407 e. The molecule has 2 unspecified atom stereocenters. The smallest absolute Gasteiger partial charge is 0.407 e. The van der Waals surface area contributed by atoms with Crippen LogP contribution >= 0.6 is 0 Å². The molecule has 2 aromatic carbocycles. The van der Waals surface area contributed by atoms with Gasteiger partial charge in [0.1, 0.15) is 10.7 Å². The van der Waals surface area contributed by atoms with Crippen LogP contribution in [0.5, 0.6) is 0 Å². The Morgan fingerprint density at radius 2 is 1.51 bits per heavy atom. The van der Waals surface area contributed by atoms with E-state index in [1.807, 2.05) is 11.9 Å². The van der Waals surface area contributed by atoms with Gasteiger partial charge in [0.15, 0.2) is 23.6 Å². The van der Waals surface area contributed by atoms with Crippen molar-refractivity contribution in [2.75, 3.05) is 45.1 Å². The molecule has 2 fully saturated rings. The summed E-state index contributed by atoms with van der Waals surface area (Å²) in [5.41, 5.74) is -0.710. The number of rotatable bonds is 8. The van der Waals surface area contributed by atoms with Crippen molar-refractivity contribution in [3.8, 4) is 0 Å². The lowest BCUT2D eigenvalue weighted by Gasteiger charge is -2.44. The molecule has 2 saturated heterocycles. The van der Waals surface area contributed by atoms with E-state index in [4.69, 9.17) is 15.3 Å². The normalized spacial score (nSPS) is 18.5. The van der Waals surface area contributed by atoms with E-state index in [0.29, 0.717) is 44.6 Å². The zero-order valence-corrected chi connectivity index (χ0v) is 25.6. The Morgan fingerprint density at radius 1 is 0.915 bits per heavy atom. The summed E-state index contributed by atoms with van der Waals surface area (Å²) >= 11 is 0. The Bertz CT molecular complexity index is 1600. The lowest BCUT2D eigenvalue weighted by atomic mass is 9.88. The minimum Gasteiger partial charge on any atom is -0.481 e. The van der Waals surface area contributed by atoms with Crippen molar-refractivity contribution in [1.29, 1.82) is 0 Å². The first-order valence-electron chi connectivity index (χ1n) is 14.0. The van der Waals surface area contributed by atoms with Crippen LogP contribution in [-0.4, -0.2) is 119 Å². The molecular weight excluding hydrogens is 660 g/mol. The number of sulfonamides is 1. The lowest BCUT2D eigenvalue weighted by molar-refractivity contribution is -0.152. The average molecular weight is 693 g/mol. The molecule has 0 bridgehead atoms. The van der Waals surface area contributed by atoms with E-state index in [9.17, 15) is 50.3 Å². The van der Waals surface area contributed by atoms with Crippen LogP contribution in [-0.2, 0) is 19.6 Å². The summed E-state index contributed by atoms with van der Waals surface area (Å²) in [7, 11) is -2.48. The third-order valence-corrected chi connectivity index (χ3v) is 9.53. The van der Waals surface area contributed by atoms with E-state index in [2.05, 4.69) is 5.32 Å². The van der Waals surface area contributed by atoms with E-state index in [-0.39, 0.29) is 30.6 Å². The number of carboxylic acid groups (broad SMARTS) is 3. The number of aliphatic carboxylic acids is 2. The molecule has 4 rings (SSSR count). The summed E-state index contributed by atoms with van der Waals surface area (Å²) in [4.78, 5) is 46.3. The van der Waals surface area contributed by atoms with Crippen LogP contribution in [0.4, 0.5) is 28.0 Å². The molecule has 19 heteroatoms. The summed E-state index contributed by atoms with van der Waals surface area (Å²) in [5.74, 6) is -9.78. The third kappa shape index (κ3) is 9.37. The van der Waals surface area contributed by atoms with Crippen LogP contribution in [0.3, 0.4) is 0 Å². The molecule has 0 saturated carbocycles. The number of carboxylic acids is 2. The number of aliphatic hydroxyl groups excluding tert-OH is 1. The monoisotopic (exact) mass is 692 g/mol. The molecule has 0 aromatic heterocycles. The molecule has 2 aromatic rings. The molecule has 0 spiro atoms. The van der Waals surface area contributed by atoms with Gasteiger partial charge in [-0.3, -0.25) is 9.59 Å². The summed E-state index contributed by atoms with van der Waals surface area (Å²) < 4.78 is 82.4. The van der Waals surface area contributed by atoms with Crippen LogP contribution in [0.1, 0.15) is 29.6 Å². The number of hydrogen-bond acceptors (Lipinski definition) is 8. The van der Waals surface area contributed by atoms with Gasteiger partial charge in [-0.15, -0.1) is 0 Å². The molecule has 47 heavy (non-hydrogen) atoms. The van der Waals surface area contributed by atoms with Gasteiger partial charge < -0.3 is 35.5 Å². The predicted octanol–water partition coefficient (Wildman–Crippen LogP) is 2.10. The van der Waals surface area contributed by atoms with Crippen LogP contribution in [0, 0.1) is 29.2 Å². The number of carbonyl (C=O) groups excluding carboxylic acids is 1. The topological polar surface area (TPSA) is 205 Å². The summed E-state index contributed by atoms with van der Waals surface area (Å²) in [5, 5.41) is 35.8. The zero-order valence-electron chi connectivity index (χ0n) is 24.8. The van der Waals surface area contributed by atoms with Gasteiger partial charge in [0.2, 0.25) is 10.0 Å². The highest BCUT2D eigenvalue weighted by atomic mass is 32.2. The van der Waals surface area contributed by atoms with E-state index >= 15 is 0 Å². The van der Waals surface area contributed by atoms with Crippen LogP contribution in [0.2, 0.25) is 0 Å². The number of amides is 2. The number of nitrogens with one attached hydrogen (secondary N) is 1. The standard InChI is InChI=1S/C24H26F4N4O5S.C4H6O5/c1-30-8-9-32(24(34)35)20(13-30)14-4-6-31(7-5-14)38(36,37)21-10-15(2-3-17(21)25)23(33)29-16-11-18(26)22(28)19(27)12-16;5-2(4(8)9)1-3(6)7/h2-3,10-12,14,20H,4-9,13H2,1H3,(H,29,33)(H,34,35);2,5H,1H2,(H,6,7)(H,8,9). The molecule has 2 atom stereocenters. The fraction of sp³-hybridized carbons (Fsp3) is 0.429. The minimum absolute atomic E-state index is 0.0324. The maximum atomic E-state index is 14.7. The summed E-state index contributed by atoms with van der Waals surface area (Å²) in [6, 6.07) is 3.44. The van der Waals surface area contributed by atoms with Gasteiger partial charge in [0.25, 0.3) is 5.91 Å². The molecular formula is C28H32F4N4O10S. The van der Waals surface area contributed by atoms with Crippen molar-refractivity contribution >= 4 is 39.6 Å². The van der Waals surface area contributed by atoms with Gasteiger partial charge >= 0.3 is 18.0 Å². The van der Waals surface area contributed by atoms with E-state index in [0.717, 1.165) is 22.5 Å². The molecule has 2 aliphatic heterocycles. The van der Waals surface area contributed by atoms with Crippen molar-refractivity contribution in [3.05, 3.63) is 59.2 Å². The highest BCUT2D eigenvalue weighted by Crippen LogP contribution is 2.31. The molecule has 258 valence electrons. The van der Waals surface area contributed by atoms with Crippen molar-refractivity contribution in [2.45, 2.75) is 36.3 Å². The lowest BCUT2D eigenvalue weighted by Crippen LogP contribution is -2.58. The molecule has 0 aliphatic carbocycles. The first kappa shape index (κ1) is 37.1. The van der Waals surface area contributed by atoms with Crippen LogP contribution in [0.15, 0.2) is 35.2 Å². The average Bonchev–Trinajstić information content (AvgIpc) is 2.99. The number of benzene rings is 2. The number of halogens is 4. The quantitative estimate of drug-likeness (QED) is 0.200. The van der Waals surface area contributed by atoms with Crippen molar-refractivity contribution in [3.63, 3.8) is 0 Å². The Labute approximate surface area is 265 Å². The number of hydrogen-bond donors (Lipinski definition) is 5.